The van der Waals surface area contributed by atoms with Crippen molar-refractivity contribution in [2.75, 3.05) is 0 Å². The van der Waals surface area contributed by atoms with Crippen molar-refractivity contribution in [1.82, 2.24) is 5.32 Å². The second-order valence-corrected chi connectivity index (χ2v) is 7.62. The zero-order valence-electron chi connectivity index (χ0n) is 12.7. The van der Waals surface area contributed by atoms with Gasteiger partial charge in [0.25, 0.3) is 15.9 Å². The average Bonchev–Trinajstić information content (AvgIpc) is 2.86. The lowest BCUT2D eigenvalue weighted by atomic mass is 9.71. The van der Waals surface area contributed by atoms with Gasteiger partial charge in [-0.2, -0.15) is 0 Å². The standard InChI is InChI=1S/C15H13ClF2N2O4S/c16-13-8(7-11(24-13)25(19,22)23)14(21)20-15(5-2-6-15)12-9(17)3-1-4-10(12)18/h1,3-4,7H,2,5-6H2,(H,20,21)(H2,19,22,23). The van der Waals surface area contributed by atoms with Crippen LogP contribution in [0.5, 0.6) is 0 Å². The van der Waals surface area contributed by atoms with E-state index >= 15 is 0 Å². The van der Waals surface area contributed by atoms with Crippen LogP contribution in [0.25, 0.3) is 0 Å². The van der Waals surface area contributed by atoms with Gasteiger partial charge in [0.1, 0.15) is 11.6 Å². The predicted octanol–water partition coefficient (Wildman–Crippen LogP) is 2.67. The van der Waals surface area contributed by atoms with E-state index < -0.39 is 43.4 Å². The van der Waals surface area contributed by atoms with Crippen molar-refractivity contribution in [3.63, 3.8) is 0 Å². The van der Waals surface area contributed by atoms with E-state index in [2.05, 4.69) is 5.32 Å². The van der Waals surface area contributed by atoms with E-state index in [9.17, 15) is 22.0 Å². The third-order valence-corrected chi connectivity index (χ3v) is 5.23. The molecule has 1 fully saturated rings. The number of benzene rings is 1. The molecule has 0 saturated heterocycles. The van der Waals surface area contributed by atoms with Crippen LogP contribution < -0.4 is 10.5 Å². The van der Waals surface area contributed by atoms with Crippen molar-refractivity contribution < 1.29 is 26.4 Å². The Morgan fingerprint density at radius 2 is 1.88 bits per heavy atom. The van der Waals surface area contributed by atoms with E-state index in [0.29, 0.717) is 19.3 Å². The Kier molecular flexibility index (Phi) is 4.34. The molecule has 6 nitrogen and oxygen atoms in total. The predicted molar refractivity (Wildman–Crippen MR) is 84.4 cm³/mol. The number of hydrogen-bond donors (Lipinski definition) is 2. The Bertz CT molecular complexity index is 934. The van der Waals surface area contributed by atoms with Crippen LogP contribution >= 0.6 is 11.6 Å². The van der Waals surface area contributed by atoms with Crippen LogP contribution in [0.1, 0.15) is 35.2 Å². The number of halogens is 3. The van der Waals surface area contributed by atoms with Gasteiger partial charge in [-0.25, -0.2) is 22.3 Å². The van der Waals surface area contributed by atoms with E-state index in [0.717, 1.165) is 18.2 Å². The topological polar surface area (TPSA) is 102 Å². The molecule has 10 heteroatoms. The van der Waals surface area contributed by atoms with Crippen molar-refractivity contribution in [2.45, 2.75) is 29.9 Å². The molecular weight excluding hydrogens is 378 g/mol. The fourth-order valence-electron chi connectivity index (χ4n) is 2.85. The molecular formula is C15H13ClF2N2O4S. The molecule has 1 heterocycles. The minimum Gasteiger partial charge on any atom is -0.431 e. The SMILES string of the molecule is NS(=O)(=O)c1cc(C(=O)NC2(c3c(F)cccc3F)CCC2)c(Cl)o1. The molecule has 0 aliphatic heterocycles. The lowest BCUT2D eigenvalue weighted by molar-refractivity contribution is 0.0811. The number of furan rings is 1. The highest BCUT2D eigenvalue weighted by atomic mass is 35.5. The molecule has 0 bridgehead atoms. The second-order valence-electron chi connectivity index (χ2n) is 5.78. The fraction of sp³-hybridized carbons (Fsp3) is 0.267. The van der Waals surface area contributed by atoms with Crippen LogP contribution in [0.15, 0.2) is 33.8 Å². The summed E-state index contributed by atoms with van der Waals surface area (Å²) >= 11 is 5.75. The fourth-order valence-corrected chi connectivity index (χ4v) is 3.60. The molecule has 1 aliphatic rings. The Labute approximate surface area is 147 Å². The van der Waals surface area contributed by atoms with E-state index in [4.69, 9.17) is 21.2 Å². The number of primary sulfonamides is 1. The minimum atomic E-state index is -4.19. The molecule has 0 atom stereocenters. The summed E-state index contributed by atoms with van der Waals surface area (Å²) in [6.07, 6.45) is 1.32. The summed E-state index contributed by atoms with van der Waals surface area (Å²) in [5, 5.41) is 6.31. The van der Waals surface area contributed by atoms with E-state index in [1.54, 1.807) is 0 Å². The molecule has 1 saturated carbocycles. The Balaban J connectivity index is 1.96. The van der Waals surface area contributed by atoms with Gasteiger partial charge in [0.2, 0.25) is 10.3 Å². The number of amides is 1. The molecule has 0 radical (unpaired) electrons. The third-order valence-electron chi connectivity index (χ3n) is 4.19. The number of hydrogen-bond acceptors (Lipinski definition) is 4. The molecule has 1 aromatic heterocycles. The summed E-state index contributed by atoms with van der Waals surface area (Å²) in [7, 11) is -4.19. The molecule has 3 N–H and O–H groups in total. The molecule has 134 valence electrons. The highest BCUT2D eigenvalue weighted by Gasteiger charge is 2.44. The van der Waals surface area contributed by atoms with Crippen LogP contribution in [0.4, 0.5) is 8.78 Å². The van der Waals surface area contributed by atoms with Crippen LogP contribution in [0, 0.1) is 11.6 Å². The smallest absolute Gasteiger partial charge is 0.271 e. The van der Waals surface area contributed by atoms with Gasteiger partial charge in [-0.05, 0) is 43.0 Å². The monoisotopic (exact) mass is 390 g/mol. The summed E-state index contributed by atoms with van der Waals surface area (Å²) in [6, 6.07) is 4.31. The Hall–Kier alpha value is -1.97. The number of carbonyl (C=O) groups excluding carboxylic acids is 1. The van der Waals surface area contributed by atoms with Crippen molar-refractivity contribution in [3.8, 4) is 0 Å². The average molecular weight is 391 g/mol. The molecule has 2 aromatic rings. The van der Waals surface area contributed by atoms with Gasteiger partial charge in [-0.15, -0.1) is 0 Å². The lowest BCUT2D eigenvalue weighted by Gasteiger charge is -2.43. The molecule has 0 spiro atoms. The highest BCUT2D eigenvalue weighted by Crippen LogP contribution is 2.44. The van der Waals surface area contributed by atoms with Crippen LogP contribution in [-0.2, 0) is 15.6 Å². The Morgan fingerprint density at radius 3 is 2.32 bits per heavy atom. The van der Waals surface area contributed by atoms with Crippen molar-refractivity contribution >= 4 is 27.5 Å². The van der Waals surface area contributed by atoms with Gasteiger partial charge in [-0.1, -0.05) is 6.07 Å². The van der Waals surface area contributed by atoms with Crippen molar-refractivity contribution in [1.29, 1.82) is 0 Å². The maximum Gasteiger partial charge on any atom is 0.271 e. The maximum atomic E-state index is 14.1. The van der Waals surface area contributed by atoms with Crippen LogP contribution in [0.2, 0.25) is 5.22 Å². The molecule has 25 heavy (non-hydrogen) atoms. The first-order valence-corrected chi connectivity index (χ1v) is 9.16. The van der Waals surface area contributed by atoms with Gasteiger partial charge in [0.05, 0.1) is 11.1 Å². The Morgan fingerprint density at radius 1 is 1.28 bits per heavy atom. The number of nitrogens with two attached hydrogens (primary N) is 1. The molecule has 0 unspecified atom stereocenters. The van der Waals surface area contributed by atoms with Crippen molar-refractivity contribution in [2.24, 2.45) is 5.14 Å². The molecule has 1 amide bonds. The van der Waals surface area contributed by atoms with Gasteiger partial charge in [0.15, 0.2) is 0 Å². The van der Waals surface area contributed by atoms with E-state index in [1.807, 2.05) is 0 Å². The van der Waals surface area contributed by atoms with E-state index in [-0.39, 0.29) is 11.1 Å². The minimum absolute atomic E-state index is 0.235. The molecule has 1 aromatic carbocycles. The quantitative estimate of drug-likeness (QED) is 0.837. The molecule has 1 aliphatic carbocycles. The van der Waals surface area contributed by atoms with Gasteiger partial charge < -0.3 is 9.73 Å². The van der Waals surface area contributed by atoms with Crippen molar-refractivity contribution in [3.05, 3.63) is 52.2 Å². The number of nitrogens with one attached hydrogen (secondary N) is 1. The largest absolute Gasteiger partial charge is 0.431 e. The van der Waals surface area contributed by atoms with Crippen LogP contribution in [0.3, 0.4) is 0 Å². The maximum absolute atomic E-state index is 14.1. The number of carbonyl (C=O) groups is 1. The van der Waals surface area contributed by atoms with E-state index in [1.165, 1.54) is 6.07 Å². The summed E-state index contributed by atoms with van der Waals surface area (Å²) < 4.78 is 55.6. The zero-order chi connectivity index (χ0) is 18.4. The van der Waals surface area contributed by atoms with Gasteiger partial charge >= 0.3 is 0 Å². The number of rotatable bonds is 4. The first kappa shape index (κ1) is 17.8. The molecule has 3 rings (SSSR count). The zero-order valence-corrected chi connectivity index (χ0v) is 14.3. The number of sulfonamides is 1. The second kappa shape index (κ2) is 6.08. The summed E-state index contributed by atoms with van der Waals surface area (Å²) in [6.45, 7) is 0. The summed E-state index contributed by atoms with van der Waals surface area (Å²) in [5.74, 6) is -2.36. The van der Waals surface area contributed by atoms with Gasteiger partial charge in [-0.3, -0.25) is 4.79 Å². The van der Waals surface area contributed by atoms with Crippen LogP contribution in [-0.4, -0.2) is 14.3 Å². The first-order chi connectivity index (χ1) is 11.6. The first-order valence-electron chi connectivity index (χ1n) is 7.23. The summed E-state index contributed by atoms with van der Waals surface area (Å²) in [4.78, 5) is 12.5. The lowest BCUT2D eigenvalue weighted by Crippen LogP contribution is -2.51. The van der Waals surface area contributed by atoms with Gasteiger partial charge in [0, 0.05) is 11.6 Å². The highest BCUT2D eigenvalue weighted by molar-refractivity contribution is 7.89. The summed E-state index contributed by atoms with van der Waals surface area (Å²) in [5.41, 5.74) is -1.75. The normalized spacial score (nSPS) is 16.3. The third kappa shape index (κ3) is 3.14.